The van der Waals surface area contributed by atoms with Crippen molar-refractivity contribution in [1.82, 2.24) is 20.2 Å². The highest BCUT2D eigenvalue weighted by Gasteiger charge is 2.54. The molecule has 41 heavy (non-hydrogen) atoms. The first kappa shape index (κ1) is 29.7. The SMILES string of the molecule is CC(C)CC(=O)O[C@H](C)OC(=O)C1=C(/C=C\c2cccnc2)CS[C@@H]2[C@H](NC(=O)C(=NO)c3csc(N)n3)C(=O)N12. The van der Waals surface area contributed by atoms with Crippen molar-refractivity contribution in [3.63, 3.8) is 0 Å². The van der Waals surface area contributed by atoms with Gasteiger partial charge in [0.2, 0.25) is 6.29 Å². The van der Waals surface area contributed by atoms with Crippen molar-refractivity contribution in [1.29, 1.82) is 0 Å². The Bertz CT molecular complexity index is 1420. The third-order valence-corrected chi connectivity index (χ3v) is 7.84. The molecule has 216 valence electrons. The Hall–Kier alpha value is -4.24. The Kier molecular flexibility index (Phi) is 9.39. The third-order valence-electron chi connectivity index (χ3n) is 5.86. The van der Waals surface area contributed by atoms with E-state index in [4.69, 9.17) is 15.2 Å². The lowest BCUT2D eigenvalue weighted by atomic mass is 10.0. The predicted molar refractivity (Wildman–Crippen MR) is 151 cm³/mol. The molecule has 0 aromatic carbocycles. The van der Waals surface area contributed by atoms with Crippen molar-refractivity contribution >= 4 is 63.8 Å². The summed E-state index contributed by atoms with van der Waals surface area (Å²) in [6.45, 7) is 5.13. The van der Waals surface area contributed by atoms with Crippen LogP contribution in [0.15, 0.2) is 52.4 Å². The molecule has 4 N–H and O–H groups in total. The molecule has 2 amide bonds. The summed E-state index contributed by atoms with van der Waals surface area (Å²) >= 11 is 2.38. The Morgan fingerprint density at radius 3 is 2.71 bits per heavy atom. The van der Waals surface area contributed by atoms with Gasteiger partial charge in [-0.05, 0) is 23.1 Å². The number of β-lactam (4-membered cyclic amide) rings is 1. The molecule has 2 aliphatic heterocycles. The standard InChI is InChI=1S/C26H28N6O7S2/c1-13(2)9-18(33)38-14(3)39-25(36)21-16(7-6-15-5-4-8-28-10-15)11-40-24-20(23(35)32(21)24)30-22(34)19(31-37)17-12-41-26(27)29-17/h4-8,10,12-14,20,24,37H,9,11H2,1-3H3,(H2,27,29)(H,30,34)/b7-6-,31-19?/t14-,20+,24+/m0/s1. The number of nitrogens with one attached hydrogen (secondary N) is 1. The van der Waals surface area contributed by atoms with Gasteiger partial charge in [0.15, 0.2) is 10.8 Å². The zero-order valence-electron chi connectivity index (χ0n) is 22.3. The van der Waals surface area contributed by atoms with Gasteiger partial charge in [0.1, 0.15) is 22.8 Å². The van der Waals surface area contributed by atoms with Crippen molar-refractivity contribution in [3.05, 3.63) is 58.5 Å². The fourth-order valence-electron chi connectivity index (χ4n) is 4.05. The van der Waals surface area contributed by atoms with E-state index in [1.54, 1.807) is 30.6 Å². The van der Waals surface area contributed by atoms with E-state index in [0.29, 0.717) is 11.3 Å². The van der Waals surface area contributed by atoms with Crippen molar-refractivity contribution in [3.8, 4) is 0 Å². The second kappa shape index (κ2) is 13.0. The number of nitrogen functional groups attached to an aromatic ring is 1. The normalized spacial score (nSPS) is 19.6. The van der Waals surface area contributed by atoms with E-state index in [2.05, 4.69) is 20.4 Å². The Balaban J connectivity index is 1.55. The number of thiazole rings is 1. The number of rotatable bonds is 10. The van der Waals surface area contributed by atoms with Crippen molar-refractivity contribution in [2.24, 2.45) is 11.1 Å². The number of hydrogen-bond donors (Lipinski definition) is 3. The highest BCUT2D eigenvalue weighted by atomic mass is 32.2. The van der Waals surface area contributed by atoms with Gasteiger partial charge in [0, 0.05) is 36.9 Å². The quantitative estimate of drug-likeness (QED) is 0.0906. The van der Waals surface area contributed by atoms with Crippen molar-refractivity contribution in [2.45, 2.75) is 44.9 Å². The van der Waals surface area contributed by atoms with Crippen molar-refractivity contribution in [2.75, 3.05) is 11.5 Å². The molecule has 0 bridgehead atoms. The molecule has 4 heterocycles. The van der Waals surface area contributed by atoms with Crippen LogP contribution in [0.25, 0.3) is 6.08 Å². The average Bonchev–Trinajstić information content (AvgIpc) is 3.35. The molecule has 1 fully saturated rings. The largest absolute Gasteiger partial charge is 0.425 e. The van der Waals surface area contributed by atoms with Crippen LogP contribution in [-0.2, 0) is 28.7 Å². The number of anilines is 1. The van der Waals surface area contributed by atoms with Gasteiger partial charge < -0.3 is 25.7 Å². The minimum Gasteiger partial charge on any atom is -0.425 e. The van der Waals surface area contributed by atoms with Crippen LogP contribution in [0, 0.1) is 5.92 Å². The maximum atomic E-state index is 13.4. The molecule has 0 spiro atoms. The first-order chi connectivity index (χ1) is 19.6. The molecule has 0 aliphatic carbocycles. The molecule has 1 saturated heterocycles. The molecule has 2 aromatic rings. The monoisotopic (exact) mass is 600 g/mol. The average molecular weight is 601 g/mol. The van der Waals surface area contributed by atoms with E-state index in [1.165, 1.54) is 29.0 Å². The summed E-state index contributed by atoms with van der Waals surface area (Å²) in [5.74, 6) is -2.43. The summed E-state index contributed by atoms with van der Waals surface area (Å²) in [5, 5.41) is 15.9. The van der Waals surface area contributed by atoms with E-state index >= 15 is 0 Å². The molecule has 2 aliphatic rings. The number of oxime groups is 1. The number of nitrogens with two attached hydrogens (primary N) is 1. The van der Waals surface area contributed by atoms with Gasteiger partial charge in [0.25, 0.3) is 11.8 Å². The maximum absolute atomic E-state index is 13.4. The number of esters is 2. The minimum absolute atomic E-state index is 0.0283. The summed E-state index contributed by atoms with van der Waals surface area (Å²) in [4.78, 5) is 60.8. The summed E-state index contributed by atoms with van der Waals surface area (Å²) in [5.41, 5.74) is 6.50. The van der Waals surface area contributed by atoms with Gasteiger partial charge in [-0.3, -0.25) is 24.3 Å². The predicted octanol–water partition coefficient (Wildman–Crippen LogP) is 2.14. The van der Waals surface area contributed by atoms with Gasteiger partial charge in [-0.15, -0.1) is 23.1 Å². The zero-order chi connectivity index (χ0) is 29.7. The number of aromatic nitrogens is 2. The molecular formula is C26H28N6O7S2. The number of thioether (sulfide) groups is 1. The summed E-state index contributed by atoms with van der Waals surface area (Å²) < 4.78 is 10.6. The van der Waals surface area contributed by atoms with Gasteiger partial charge in [-0.25, -0.2) is 9.78 Å². The molecule has 3 atom stereocenters. The number of hydrogen-bond acceptors (Lipinski definition) is 13. The molecule has 0 unspecified atom stereocenters. The van der Waals surface area contributed by atoms with E-state index in [0.717, 1.165) is 16.9 Å². The Morgan fingerprint density at radius 2 is 2.07 bits per heavy atom. The molecule has 0 radical (unpaired) electrons. The Labute approximate surface area is 243 Å². The number of fused-ring (bicyclic) bond motifs is 1. The van der Waals surface area contributed by atoms with Gasteiger partial charge in [0.05, 0.1) is 0 Å². The van der Waals surface area contributed by atoms with E-state index in [9.17, 15) is 24.4 Å². The fourth-order valence-corrected chi connectivity index (χ4v) is 5.91. The number of pyridine rings is 1. The molecule has 13 nitrogen and oxygen atoms in total. The highest BCUT2D eigenvalue weighted by molar-refractivity contribution is 8.00. The summed E-state index contributed by atoms with van der Waals surface area (Å²) in [7, 11) is 0. The number of nitrogens with zero attached hydrogens (tertiary/aromatic N) is 4. The smallest absolute Gasteiger partial charge is 0.358 e. The summed E-state index contributed by atoms with van der Waals surface area (Å²) in [6, 6.07) is 2.57. The van der Waals surface area contributed by atoms with Crippen molar-refractivity contribution < 1.29 is 33.9 Å². The minimum atomic E-state index is -1.20. The van der Waals surface area contributed by atoms with Crippen LogP contribution in [0.1, 0.15) is 38.4 Å². The van der Waals surface area contributed by atoms with Crippen LogP contribution in [0.5, 0.6) is 0 Å². The first-order valence-corrected chi connectivity index (χ1v) is 14.4. The van der Waals surface area contributed by atoms with E-state index in [1.807, 2.05) is 19.9 Å². The van der Waals surface area contributed by atoms with Gasteiger partial charge in [-0.1, -0.05) is 37.2 Å². The maximum Gasteiger partial charge on any atom is 0.358 e. The Morgan fingerprint density at radius 1 is 1.29 bits per heavy atom. The van der Waals surface area contributed by atoms with E-state index < -0.39 is 47.2 Å². The molecular weight excluding hydrogens is 572 g/mol. The van der Waals surface area contributed by atoms with Gasteiger partial charge >= 0.3 is 11.9 Å². The lowest BCUT2D eigenvalue weighted by molar-refractivity contribution is -0.184. The molecule has 2 aromatic heterocycles. The molecule has 15 heteroatoms. The molecule has 0 saturated carbocycles. The second-order valence-corrected chi connectivity index (χ2v) is 11.4. The van der Waals surface area contributed by atoms with Crippen LogP contribution < -0.4 is 11.1 Å². The number of carbonyl (C=O) groups excluding carboxylic acids is 4. The van der Waals surface area contributed by atoms with Gasteiger partial charge in [-0.2, -0.15) is 0 Å². The molecule has 4 rings (SSSR count). The zero-order valence-corrected chi connectivity index (χ0v) is 24.0. The topological polar surface area (TPSA) is 186 Å². The lowest BCUT2D eigenvalue weighted by Gasteiger charge is -2.49. The van der Waals surface area contributed by atoms with E-state index in [-0.39, 0.29) is 28.9 Å². The second-order valence-electron chi connectivity index (χ2n) is 9.43. The van der Waals surface area contributed by atoms with Crippen LogP contribution in [0.2, 0.25) is 0 Å². The van der Waals surface area contributed by atoms with Crippen LogP contribution in [0.4, 0.5) is 5.13 Å². The number of ether oxygens (including phenoxy) is 2. The summed E-state index contributed by atoms with van der Waals surface area (Å²) in [6.07, 6.45) is 5.66. The van der Waals surface area contributed by atoms with Crippen LogP contribution in [0.3, 0.4) is 0 Å². The highest BCUT2D eigenvalue weighted by Crippen LogP contribution is 2.41. The first-order valence-electron chi connectivity index (χ1n) is 12.5. The van der Waals surface area contributed by atoms with Crippen LogP contribution >= 0.6 is 23.1 Å². The number of allylic oxidation sites excluding steroid dienone is 1. The number of carbonyl (C=O) groups is 4. The van der Waals surface area contributed by atoms with Crippen LogP contribution in [-0.4, -0.2) is 73.0 Å². The fraction of sp³-hybridized carbons (Fsp3) is 0.346. The number of amides is 2. The lowest BCUT2D eigenvalue weighted by Crippen LogP contribution is -2.71. The third kappa shape index (κ3) is 6.92.